The predicted molar refractivity (Wildman–Crippen MR) is 248 cm³/mol. The molecule has 0 radical (unpaired) electrons. The van der Waals surface area contributed by atoms with E-state index in [-0.39, 0.29) is 135 Å². The number of carboxylic acid groups (broad SMARTS) is 10. The Balaban J connectivity index is -0.000000412. The van der Waals surface area contributed by atoms with E-state index in [0.29, 0.717) is 18.2 Å². The van der Waals surface area contributed by atoms with Gasteiger partial charge in [-0.25, -0.2) is 38.4 Å². The minimum atomic E-state index is -4.70. The van der Waals surface area contributed by atoms with Gasteiger partial charge in [-0.3, -0.25) is 4.55 Å². The van der Waals surface area contributed by atoms with E-state index in [4.69, 9.17) is 65.8 Å². The van der Waals surface area contributed by atoms with Gasteiger partial charge in [-0.2, -0.15) is 8.42 Å². The van der Waals surface area contributed by atoms with Crippen LogP contribution >= 0.6 is 0 Å². The van der Waals surface area contributed by atoms with E-state index in [2.05, 4.69) is 0 Å². The van der Waals surface area contributed by atoms with Crippen LogP contribution in [0.4, 0.5) is 0 Å². The molecule has 0 aliphatic heterocycles. The Hall–Kier alpha value is -7.45. The van der Waals surface area contributed by atoms with Crippen LogP contribution in [0.2, 0.25) is 0 Å². The Morgan fingerprint density at radius 2 is 0.571 bits per heavy atom. The smallest absolute Gasteiger partial charge is 0.545 e. The summed E-state index contributed by atoms with van der Waals surface area (Å²) in [4.78, 5) is 103. The molecule has 0 bridgehead atoms. The fourth-order valence-corrected chi connectivity index (χ4v) is 4.67. The van der Waals surface area contributed by atoms with Crippen molar-refractivity contribution in [1.82, 2.24) is 0 Å². The first kappa shape index (κ1) is 76.1. The Morgan fingerprint density at radius 3 is 0.701 bits per heavy atom. The van der Waals surface area contributed by atoms with E-state index >= 15 is 0 Å². The maximum absolute atomic E-state index is 10.7. The summed E-state index contributed by atoms with van der Waals surface area (Å²) in [5.41, 5.74) is -1.42. The molecule has 404 valence electrons. The molecule has 0 aliphatic rings. The third-order valence-corrected chi connectivity index (χ3v) is 8.93. The normalized spacial score (nSPS) is 9.60. The number of carboxylic acids is 10. The second-order valence-electron chi connectivity index (χ2n) is 14.5. The number of hydrogen-bond acceptors (Lipinski definition) is 18. The quantitative estimate of drug-likeness (QED) is 0.0366. The third-order valence-electron chi connectivity index (χ3n) is 8.10. The molecule has 13 N–H and O–H groups in total. The molecule has 0 saturated heterocycles. The zero-order chi connectivity index (χ0) is 58.4. The monoisotopic (exact) mass is 1120 g/mol. The summed E-state index contributed by atoms with van der Waals surface area (Å²) < 4.78 is 30.1. The molecule has 77 heavy (non-hydrogen) atoms. The fourth-order valence-electron chi connectivity index (χ4n) is 4.11. The summed E-state index contributed by atoms with van der Waals surface area (Å²) in [5, 5.41) is 121. The first-order chi connectivity index (χ1) is 34.7. The zero-order valence-electron chi connectivity index (χ0n) is 40.7. The van der Waals surface area contributed by atoms with Gasteiger partial charge in [0.25, 0.3) is 10.1 Å². The average Bonchev–Trinajstić information content (AvgIpc) is 3.37. The summed E-state index contributed by atoms with van der Waals surface area (Å²) in [6.45, 7) is 3.44. The van der Waals surface area contributed by atoms with E-state index in [0.717, 1.165) is 12.1 Å². The molecule has 27 nitrogen and oxygen atoms in total. The first-order valence-corrected chi connectivity index (χ1v) is 21.4. The van der Waals surface area contributed by atoms with Crippen molar-refractivity contribution in [1.29, 1.82) is 0 Å². The minimum Gasteiger partial charge on any atom is -0.545 e. The molecule has 0 aliphatic carbocycles. The van der Waals surface area contributed by atoms with Gasteiger partial charge in [-0.05, 0) is 114 Å². The first-order valence-electron chi connectivity index (χ1n) is 19.9. The summed E-state index contributed by atoms with van der Waals surface area (Å²) in [5.74, 6) is -12.3. The van der Waals surface area contributed by atoms with Crippen LogP contribution in [0.15, 0.2) is 120 Å². The average molecular weight is 1120 g/mol. The van der Waals surface area contributed by atoms with Crippen LogP contribution in [0.1, 0.15) is 117 Å². The molecular formula is C47H46Na2O27S. The Morgan fingerprint density at radius 1 is 0.377 bits per heavy atom. The van der Waals surface area contributed by atoms with E-state index in [9.17, 15) is 66.6 Å². The van der Waals surface area contributed by atoms with Crippen LogP contribution in [-0.2, 0) is 10.1 Å². The number of rotatable bonds is 14. The molecule has 0 atom stereocenters. The molecule has 0 heterocycles. The van der Waals surface area contributed by atoms with Crippen molar-refractivity contribution in [3.05, 3.63) is 171 Å². The van der Waals surface area contributed by atoms with Gasteiger partial charge in [0.15, 0.2) is 0 Å². The van der Waals surface area contributed by atoms with Crippen molar-refractivity contribution in [2.45, 2.75) is 18.7 Å². The number of aromatic carboxylic acids is 10. The van der Waals surface area contributed by atoms with Crippen LogP contribution in [-0.4, -0.2) is 160 Å². The van der Waals surface area contributed by atoms with Gasteiger partial charge in [0.05, 0.1) is 87.8 Å². The molecule has 0 saturated carbocycles. The van der Waals surface area contributed by atoms with Crippen LogP contribution < -0.4 is 69.3 Å². The van der Waals surface area contributed by atoms with Crippen LogP contribution in [0.5, 0.6) is 0 Å². The van der Waals surface area contributed by atoms with E-state index in [1.54, 1.807) is 13.8 Å². The standard InChI is InChI=1S/C8H6O7S.4C8H6O4.C5H12O2.C2H6O2.2Na/c9-7(10)4-1-5(8(11)12)3-6(2-4)16(13,14)15;2*9-7(10)5-1-2-6(4-3-5)8(11)12;2*9-7(10)5-2-1-3-6(4-5)8(11)12;1-5(2,3-6)4-7;3-1-2-4;;/h1-3H,(H,9,10)(H,11,12)(H,13,14,15);4*1-4H,(H,9,10)(H,11,12);6-7H,3-4H2,1-2H3;3-4H,1-2H2;;/q;;;;;;;2*+1/p-2. The van der Waals surface area contributed by atoms with E-state index in [1.165, 1.54) is 84.9 Å². The van der Waals surface area contributed by atoms with Crippen LogP contribution in [0.25, 0.3) is 0 Å². The summed E-state index contributed by atoms with van der Waals surface area (Å²) in [6.07, 6.45) is 0. The van der Waals surface area contributed by atoms with Crippen molar-refractivity contribution < 1.29 is 192 Å². The minimum absolute atomic E-state index is 0. The predicted octanol–water partition coefficient (Wildman–Crippen LogP) is -5.03. The van der Waals surface area contributed by atoms with Gasteiger partial charge in [0, 0.05) is 5.41 Å². The number of benzene rings is 5. The molecule has 5 aromatic rings. The number of aliphatic hydroxyl groups is 4. The summed E-state index contributed by atoms with van der Waals surface area (Å²) >= 11 is 0. The number of carbonyl (C=O) groups excluding carboxylic acids is 2. The second kappa shape index (κ2) is 38.1. The van der Waals surface area contributed by atoms with Gasteiger partial charge in [0.1, 0.15) is 0 Å². The number of hydrogen-bond donors (Lipinski definition) is 13. The van der Waals surface area contributed by atoms with E-state index < -0.39 is 85.8 Å². The van der Waals surface area contributed by atoms with Crippen molar-refractivity contribution in [3.63, 3.8) is 0 Å². The van der Waals surface area contributed by atoms with Crippen molar-refractivity contribution >= 4 is 69.8 Å². The number of carbonyl (C=O) groups is 10. The van der Waals surface area contributed by atoms with Gasteiger partial charge in [0.2, 0.25) is 0 Å². The topological polar surface area (TPSA) is 514 Å². The SMILES string of the molecule is CC(C)(CO)CO.O=C(O)c1ccc(C(=O)O)cc1.O=C(O)c1ccc(C(=O)O)cc1.O=C(O)c1cccc(C(=O)O)c1.O=C(O)c1cccc(C(=O)O)c1.O=C([O-])c1cc(C(=O)[O-])cc(S(=O)(=O)O)c1.OCCO.[Na+].[Na+]. The molecular weight excluding hydrogens is 1070 g/mol. The maximum atomic E-state index is 10.7. The molecule has 0 amide bonds. The number of aliphatic hydroxyl groups excluding tert-OH is 4. The van der Waals surface area contributed by atoms with Crippen LogP contribution in [0, 0.1) is 5.41 Å². The van der Waals surface area contributed by atoms with Crippen LogP contribution in [0.3, 0.4) is 0 Å². The van der Waals surface area contributed by atoms with Gasteiger partial charge >= 0.3 is 107 Å². The Kier molecular flexibility index (Phi) is 37.7. The zero-order valence-corrected chi connectivity index (χ0v) is 45.6. The van der Waals surface area contributed by atoms with Gasteiger partial charge < -0.3 is 81.1 Å². The fraction of sp³-hybridized carbons (Fsp3) is 0.149. The third kappa shape index (κ3) is 31.9. The van der Waals surface area contributed by atoms with Crippen molar-refractivity contribution in [2.75, 3.05) is 26.4 Å². The van der Waals surface area contributed by atoms with Gasteiger partial charge in [-0.15, -0.1) is 0 Å². The van der Waals surface area contributed by atoms with E-state index in [1.807, 2.05) is 0 Å². The molecule has 5 aromatic carbocycles. The molecule has 0 spiro atoms. The molecule has 0 unspecified atom stereocenters. The summed E-state index contributed by atoms with van der Waals surface area (Å²) in [6, 6.07) is 22.3. The Labute approximate surface area is 479 Å². The molecule has 5 rings (SSSR count). The molecule has 0 fully saturated rings. The maximum Gasteiger partial charge on any atom is 1.00 e. The van der Waals surface area contributed by atoms with Gasteiger partial charge in [-0.1, -0.05) is 26.0 Å². The molecule has 30 heteroatoms. The largest absolute Gasteiger partial charge is 1.00 e. The Bertz CT molecular complexity index is 2600. The second-order valence-corrected chi connectivity index (χ2v) is 15.9. The van der Waals surface area contributed by atoms with Crippen molar-refractivity contribution in [3.8, 4) is 0 Å². The summed E-state index contributed by atoms with van der Waals surface area (Å²) in [7, 11) is -4.70. The van der Waals surface area contributed by atoms with Crippen molar-refractivity contribution in [2.24, 2.45) is 5.41 Å². The molecule has 0 aromatic heterocycles.